The fourth-order valence-electron chi connectivity index (χ4n) is 2.81. The van der Waals surface area contributed by atoms with Crippen LogP contribution in [-0.4, -0.2) is 25.0 Å². The predicted molar refractivity (Wildman–Crippen MR) is 51.4 cm³/mol. The van der Waals surface area contributed by atoms with Crippen molar-refractivity contribution in [3.8, 4) is 0 Å². The molecule has 1 aliphatic carbocycles. The molecule has 1 amide bonds. The van der Waals surface area contributed by atoms with Gasteiger partial charge in [-0.3, -0.25) is 4.79 Å². The van der Waals surface area contributed by atoms with Crippen LogP contribution < -0.4 is 10.6 Å². The highest BCUT2D eigenvalue weighted by atomic mass is 16.2. The second kappa shape index (κ2) is 3.29. The number of amides is 1. The highest BCUT2D eigenvalue weighted by Gasteiger charge is 2.43. The van der Waals surface area contributed by atoms with Gasteiger partial charge >= 0.3 is 0 Å². The van der Waals surface area contributed by atoms with E-state index < -0.39 is 0 Å². The van der Waals surface area contributed by atoms with E-state index in [0.717, 1.165) is 25.3 Å². The highest BCUT2D eigenvalue weighted by Crippen LogP contribution is 2.40. The zero-order chi connectivity index (χ0) is 9.31. The first-order valence-electron chi connectivity index (χ1n) is 5.20. The molecule has 0 radical (unpaired) electrons. The Hall–Kier alpha value is -0.570. The minimum Gasteiger partial charge on any atom is -0.351 e. The van der Waals surface area contributed by atoms with Crippen LogP contribution in [0.1, 0.15) is 32.1 Å². The second-order valence-corrected chi connectivity index (χ2v) is 4.50. The van der Waals surface area contributed by atoms with E-state index in [9.17, 15) is 4.79 Å². The van der Waals surface area contributed by atoms with Crippen molar-refractivity contribution in [2.24, 2.45) is 5.92 Å². The van der Waals surface area contributed by atoms with Crippen molar-refractivity contribution < 1.29 is 4.79 Å². The monoisotopic (exact) mass is 182 g/mol. The molecule has 1 aliphatic heterocycles. The normalized spacial score (nSPS) is 38.5. The number of carbonyl (C=O) groups excluding carboxylic acids is 1. The van der Waals surface area contributed by atoms with Crippen molar-refractivity contribution in [2.45, 2.75) is 37.6 Å². The third kappa shape index (κ3) is 1.70. The molecule has 2 aliphatic rings. The van der Waals surface area contributed by atoms with E-state index in [1.807, 2.05) is 7.05 Å². The van der Waals surface area contributed by atoms with E-state index in [1.54, 1.807) is 0 Å². The molecule has 0 aromatic rings. The van der Waals surface area contributed by atoms with Gasteiger partial charge in [-0.15, -0.1) is 0 Å². The summed E-state index contributed by atoms with van der Waals surface area (Å²) in [4.78, 5) is 11.1. The van der Waals surface area contributed by atoms with Crippen molar-refractivity contribution >= 4 is 5.91 Å². The lowest BCUT2D eigenvalue weighted by Crippen LogP contribution is -2.39. The van der Waals surface area contributed by atoms with Gasteiger partial charge in [0.15, 0.2) is 0 Å². The van der Waals surface area contributed by atoms with E-state index in [4.69, 9.17) is 0 Å². The molecule has 2 rings (SSSR count). The minimum absolute atomic E-state index is 0.193. The van der Waals surface area contributed by atoms with Crippen LogP contribution in [0.2, 0.25) is 0 Å². The van der Waals surface area contributed by atoms with Crippen molar-refractivity contribution in [3.63, 3.8) is 0 Å². The van der Waals surface area contributed by atoms with Gasteiger partial charge in [-0.2, -0.15) is 0 Å². The highest BCUT2D eigenvalue weighted by molar-refractivity contribution is 5.79. The van der Waals surface area contributed by atoms with E-state index in [2.05, 4.69) is 10.6 Å². The molecule has 3 heteroatoms. The fraction of sp³-hybridized carbons (Fsp3) is 0.900. The lowest BCUT2D eigenvalue weighted by atomic mass is 9.94. The number of hydrogen-bond acceptors (Lipinski definition) is 2. The summed E-state index contributed by atoms with van der Waals surface area (Å²) in [5.41, 5.74) is 0.193. The third-order valence-electron chi connectivity index (χ3n) is 3.44. The van der Waals surface area contributed by atoms with E-state index in [-0.39, 0.29) is 11.4 Å². The molecule has 0 bridgehead atoms. The van der Waals surface area contributed by atoms with Crippen LogP contribution in [0, 0.1) is 5.92 Å². The summed E-state index contributed by atoms with van der Waals surface area (Å²) in [6.45, 7) is 1.09. The largest absolute Gasteiger partial charge is 0.351 e. The van der Waals surface area contributed by atoms with Crippen molar-refractivity contribution in [3.05, 3.63) is 0 Å². The summed E-state index contributed by atoms with van der Waals surface area (Å²) >= 11 is 0. The number of nitrogens with one attached hydrogen (secondary N) is 2. The molecule has 0 aromatic heterocycles. The Labute approximate surface area is 79.3 Å². The summed E-state index contributed by atoms with van der Waals surface area (Å²) in [6.07, 6.45) is 5.43. The Bertz CT molecular complexity index is 217. The maximum absolute atomic E-state index is 11.1. The van der Waals surface area contributed by atoms with E-state index in [0.29, 0.717) is 0 Å². The molecule has 3 nitrogen and oxygen atoms in total. The quantitative estimate of drug-likeness (QED) is 0.658. The first kappa shape index (κ1) is 9.00. The summed E-state index contributed by atoms with van der Waals surface area (Å²) in [7, 11) is 2.00. The second-order valence-electron chi connectivity index (χ2n) is 4.50. The molecule has 0 aromatic carbocycles. The zero-order valence-corrected chi connectivity index (χ0v) is 8.23. The standard InChI is InChI=1S/C10H18N2O/c1-11-7-8-2-4-10(6-8)5-3-9(13)12-10/h8,11H,2-7H2,1H3,(H,12,13)/t8-,10+/m1/s1. The molecule has 1 heterocycles. The Kier molecular flexibility index (Phi) is 2.28. The van der Waals surface area contributed by atoms with Crippen molar-refractivity contribution in [1.82, 2.24) is 10.6 Å². The Morgan fingerprint density at radius 2 is 2.46 bits per heavy atom. The third-order valence-corrected chi connectivity index (χ3v) is 3.44. The minimum atomic E-state index is 0.193. The van der Waals surface area contributed by atoms with Gasteiger partial charge in [0.05, 0.1) is 0 Å². The van der Waals surface area contributed by atoms with Gasteiger partial charge < -0.3 is 10.6 Å². The summed E-state index contributed by atoms with van der Waals surface area (Å²) in [5, 5.41) is 6.37. The lowest BCUT2D eigenvalue weighted by Gasteiger charge is -2.23. The van der Waals surface area contributed by atoms with Crippen molar-refractivity contribution in [2.75, 3.05) is 13.6 Å². The lowest BCUT2D eigenvalue weighted by molar-refractivity contribution is -0.119. The molecule has 74 valence electrons. The number of rotatable bonds is 2. The molecule has 2 N–H and O–H groups in total. The molecular weight excluding hydrogens is 164 g/mol. The molecule has 1 saturated carbocycles. The topological polar surface area (TPSA) is 41.1 Å². The van der Waals surface area contributed by atoms with Gasteiger partial charge in [0.25, 0.3) is 0 Å². The van der Waals surface area contributed by atoms with Crippen LogP contribution in [0.15, 0.2) is 0 Å². The van der Waals surface area contributed by atoms with Crippen LogP contribution in [0.5, 0.6) is 0 Å². The first-order chi connectivity index (χ1) is 6.24. The van der Waals surface area contributed by atoms with Gasteiger partial charge in [0, 0.05) is 12.0 Å². The summed E-state index contributed by atoms with van der Waals surface area (Å²) < 4.78 is 0. The van der Waals surface area contributed by atoms with Crippen LogP contribution in [0.3, 0.4) is 0 Å². The molecule has 1 saturated heterocycles. The molecule has 2 atom stereocenters. The smallest absolute Gasteiger partial charge is 0.220 e. The van der Waals surface area contributed by atoms with Crippen LogP contribution in [-0.2, 0) is 4.79 Å². The van der Waals surface area contributed by atoms with Gasteiger partial charge in [-0.1, -0.05) is 0 Å². The van der Waals surface area contributed by atoms with E-state index >= 15 is 0 Å². The SMILES string of the molecule is CNC[C@@H]1CC[C@]2(CCC(=O)N2)C1. The van der Waals surface area contributed by atoms with Gasteiger partial charge in [0.1, 0.15) is 0 Å². The van der Waals surface area contributed by atoms with Gasteiger partial charge in [-0.05, 0) is 45.2 Å². The first-order valence-corrected chi connectivity index (χ1v) is 5.20. The molecule has 1 spiro atoms. The molecule has 2 fully saturated rings. The van der Waals surface area contributed by atoms with Crippen LogP contribution in [0.4, 0.5) is 0 Å². The van der Waals surface area contributed by atoms with Crippen LogP contribution in [0.25, 0.3) is 0 Å². The average molecular weight is 182 g/mol. The predicted octanol–water partition coefficient (Wildman–Crippen LogP) is 0.655. The molecular formula is C10H18N2O. The summed E-state index contributed by atoms with van der Waals surface area (Å²) in [6, 6.07) is 0. The van der Waals surface area contributed by atoms with Gasteiger partial charge in [-0.25, -0.2) is 0 Å². The Morgan fingerprint density at radius 3 is 3.08 bits per heavy atom. The molecule has 0 unspecified atom stereocenters. The Morgan fingerprint density at radius 1 is 1.62 bits per heavy atom. The zero-order valence-electron chi connectivity index (χ0n) is 8.23. The number of carbonyl (C=O) groups is 1. The van der Waals surface area contributed by atoms with E-state index in [1.165, 1.54) is 19.3 Å². The van der Waals surface area contributed by atoms with Gasteiger partial charge in [0.2, 0.25) is 5.91 Å². The maximum Gasteiger partial charge on any atom is 0.220 e. The maximum atomic E-state index is 11.1. The number of hydrogen-bond donors (Lipinski definition) is 2. The Balaban J connectivity index is 1.93. The van der Waals surface area contributed by atoms with Crippen molar-refractivity contribution in [1.29, 1.82) is 0 Å². The average Bonchev–Trinajstić information content (AvgIpc) is 2.62. The van der Waals surface area contributed by atoms with Crippen LogP contribution >= 0.6 is 0 Å². The fourth-order valence-corrected chi connectivity index (χ4v) is 2.81. The molecule has 13 heavy (non-hydrogen) atoms. The summed E-state index contributed by atoms with van der Waals surface area (Å²) in [5.74, 6) is 1.02.